The highest BCUT2D eigenvalue weighted by atomic mass is 32.1. The summed E-state index contributed by atoms with van der Waals surface area (Å²) in [6.07, 6.45) is -0.0842. The summed E-state index contributed by atoms with van der Waals surface area (Å²) in [4.78, 5) is 28.9. The van der Waals surface area contributed by atoms with Crippen LogP contribution in [0.3, 0.4) is 0 Å². The van der Waals surface area contributed by atoms with E-state index in [0.29, 0.717) is 6.54 Å². The van der Waals surface area contributed by atoms with E-state index in [9.17, 15) is 9.59 Å². The Hall–Kier alpha value is -1.63. The minimum atomic E-state index is -0.927. The van der Waals surface area contributed by atoms with Gasteiger partial charge in [0.2, 0.25) is 0 Å². The molecule has 0 spiro atoms. The first-order valence-corrected chi connectivity index (χ1v) is 6.40. The van der Waals surface area contributed by atoms with E-state index in [4.69, 9.17) is 5.11 Å². The maximum Gasteiger partial charge on any atom is 0.317 e. The number of carbonyl (C=O) groups excluding carboxylic acids is 1. The van der Waals surface area contributed by atoms with Crippen LogP contribution in [0.4, 0.5) is 4.79 Å². The van der Waals surface area contributed by atoms with E-state index < -0.39 is 5.97 Å². The molecule has 0 aromatic carbocycles. The lowest BCUT2D eigenvalue weighted by atomic mass is 10.2. The predicted molar refractivity (Wildman–Crippen MR) is 68.6 cm³/mol. The summed E-state index contributed by atoms with van der Waals surface area (Å²) < 4.78 is 0. The second kappa shape index (κ2) is 6.34. The van der Waals surface area contributed by atoms with E-state index >= 15 is 0 Å². The molecular formula is C11H17N3O3S. The standard InChI is InChI=1S/C11H17N3O3S/c1-7(4-10(15)16)13-11(17)14(3)5-9-8(2)12-6-18-9/h6-7H,4-5H2,1-3H3,(H,13,17)(H,15,16). The molecule has 0 saturated carbocycles. The number of aromatic nitrogens is 1. The highest BCUT2D eigenvalue weighted by Crippen LogP contribution is 2.14. The smallest absolute Gasteiger partial charge is 0.317 e. The number of carboxylic acid groups (broad SMARTS) is 1. The summed E-state index contributed by atoms with van der Waals surface area (Å²) >= 11 is 1.50. The molecule has 1 atom stereocenters. The molecule has 0 fully saturated rings. The molecule has 18 heavy (non-hydrogen) atoms. The van der Waals surface area contributed by atoms with Gasteiger partial charge in [0.15, 0.2) is 0 Å². The monoisotopic (exact) mass is 271 g/mol. The highest BCUT2D eigenvalue weighted by molar-refractivity contribution is 7.09. The van der Waals surface area contributed by atoms with Crippen molar-refractivity contribution in [3.63, 3.8) is 0 Å². The minimum Gasteiger partial charge on any atom is -0.481 e. The number of urea groups is 1. The SMILES string of the molecule is Cc1ncsc1CN(C)C(=O)NC(C)CC(=O)O. The molecule has 7 heteroatoms. The van der Waals surface area contributed by atoms with Gasteiger partial charge in [0, 0.05) is 18.0 Å². The lowest BCUT2D eigenvalue weighted by Gasteiger charge is -2.20. The van der Waals surface area contributed by atoms with Crippen LogP contribution in [0, 0.1) is 6.92 Å². The van der Waals surface area contributed by atoms with Crippen LogP contribution in [-0.2, 0) is 11.3 Å². The molecule has 0 aliphatic rings. The number of nitrogens with one attached hydrogen (secondary N) is 1. The third-order valence-corrected chi connectivity index (χ3v) is 3.34. The van der Waals surface area contributed by atoms with Crippen molar-refractivity contribution in [2.75, 3.05) is 7.05 Å². The van der Waals surface area contributed by atoms with Gasteiger partial charge in [-0.1, -0.05) is 0 Å². The van der Waals surface area contributed by atoms with Crippen molar-refractivity contribution in [2.24, 2.45) is 0 Å². The molecule has 100 valence electrons. The topological polar surface area (TPSA) is 82.5 Å². The van der Waals surface area contributed by atoms with E-state index in [1.165, 1.54) is 16.2 Å². The molecule has 0 saturated heterocycles. The van der Waals surface area contributed by atoms with Crippen LogP contribution in [0.5, 0.6) is 0 Å². The van der Waals surface area contributed by atoms with E-state index in [2.05, 4.69) is 10.3 Å². The molecule has 1 aromatic heterocycles. The summed E-state index contributed by atoms with van der Waals surface area (Å²) in [5.74, 6) is -0.927. The number of thiazole rings is 1. The van der Waals surface area contributed by atoms with Crippen molar-refractivity contribution in [1.82, 2.24) is 15.2 Å². The number of aryl methyl sites for hydroxylation is 1. The van der Waals surface area contributed by atoms with E-state index in [1.807, 2.05) is 6.92 Å². The highest BCUT2D eigenvalue weighted by Gasteiger charge is 2.15. The van der Waals surface area contributed by atoms with Crippen molar-refractivity contribution in [3.05, 3.63) is 16.1 Å². The fraction of sp³-hybridized carbons (Fsp3) is 0.545. The number of rotatable bonds is 5. The summed E-state index contributed by atoms with van der Waals surface area (Å²) in [7, 11) is 1.67. The van der Waals surface area contributed by atoms with Crippen LogP contribution >= 0.6 is 11.3 Å². The maximum atomic E-state index is 11.8. The van der Waals surface area contributed by atoms with Crippen molar-refractivity contribution in [2.45, 2.75) is 32.9 Å². The molecular weight excluding hydrogens is 254 g/mol. The summed E-state index contributed by atoms with van der Waals surface area (Å²) in [6, 6.07) is -0.670. The number of nitrogens with zero attached hydrogens (tertiary/aromatic N) is 2. The first kappa shape index (κ1) is 14.4. The fourth-order valence-electron chi connectivity index (χ4n) is 1.40. The predicted octanol–water partition coefficient (Wildman–Crippen LogP) is 1.46. The van der Waals surface area contributed by atoms with Crippen molar-refractivity contribution in [1.29, 1.82) is 0 Å². The number of amides is 2. The number of carbonyl (C=O) groups is 2. The lowest BCUT2D eigenvalue weighted by Crippen LogP contribution is -2.42. The average molecular weight is 271 g/mol. The van der Waals surface area contributed by atoms with Crippen molar-refractivity contribution in [3.8, 4) is 0 Å². The van der Waals surface area contributed by atoms with E-state index in [1.54, 1.807) is 19.5 Å². The van der Waals surface area contributed by atoms with Crippen molar-refractivity contribution < 1.29 is 14.7 Å². The number of hydrogen-bond acceptors (Lipinski definition) is 4. The van der Waals surface area contributed by atoms with Gasteiger partial charge in [-0.05, 0) is 13.8 Å². The number of hydrogen-bond donors (Lipinski definition) is 2. The first-order chi connectivity index (χ1) is 8.40. The Balaban J connectivity index is 2.47. The van der Waals surface area contributed by atoms with Crippen LogP contribution < -0.4 is 5.32 Å². The quantitative estimate of drug-likeness (QED) is 0.849. The molecule has 1 unspecified atom stereocenters. The Morgan fingerprint density at radius 1 is 1.61 bits per heavy atom. The molecule has 1 heterocycles. The van der Waals surface area contributed by atoms with Gasteiger partial charge in [0.1, 0.15) is 0 Å². The van der Waals surface area contributed by atoms with Crippen molar-refractivity contribution >= 4 is 23.3 Å². The molecule has 2 amide bonds. The minimum absolute atomic E-state index is 0.0842. The zero-order valence-corrected chi connectivity index (χ0v) is 11.5. The van der Waals surface area contributed by atoms with E-state index in [-0.39, 0.29) is 18.5 Å². The Labute approximate surface area is 110 Å². The zero-order valence-electron chi connectivity index (χ0n) is 10.6. The van der Waals surface area contributed by atoms with Crippen LogP contribution in [0.25, 0.3) is 0 Å². The fourth-order valence-corrected chi connectivity index (χ4v) is 2.23. The first-order valence-electron chi connectivity index (χ1n) is 5.52. The average Bonchev–Trinajstić information content (AvgIpc) is 2.62. The summed E-state index contributed by atoms with van der Waals surface area (Å²) in [5.41, 5.74) is 2.65. The molecule has 0 radical (unpaired) electrons. The summed E-state index contributed by atoms with van der Waals surface area (Å²) in [5, 5.41) is 11.2. The second-order valence-corrected chi connectivity index (χ2v) is 5.10. The normalized spacial score (nSPS) is 11.9. The molecule has 0 aliphatic carbocycles. The molecule has 2 N–H and O–H groups in total. The zero-order chi connectivity index (χ0) is 13.7. The van der Waals surface area contributed by atoms with E-state index in [0.717, 1.165) is 10.6 Å². The molecule has 1 rings (SSSR count). The molecule has 0 aliphatic heterocycles. The molecule has 6 nitrogen and oxygen atoms in total. The summed E-state index contributed by atoms with van der Waals surface area (Å²) in [6.45, 7) is 4.03. The van der Waals surface area contributed by atoms with Gasteiger partial charge in [-0.15, -0.1) is 11.3 Å². The van der Waals surface area contributed by atoms with Gasteiger partial charge in [0.05, 0.1) is 24.2 Å². The second-order valence-electron chi connectivity index (χ2n) is 4.17. The van der Waals surface area contributed by atoms with Gasteiger partial charge in [-0.25, -0.2) is 9.78 Å². The van der Waals surface area contributed by atoms with Gasteiger partial charge in [-0.3, -0.25) is 4.79 Å². The van der Waals surface area contributed by atoms with Gasteiger partial charge < -0.3 is 15.3 Å². The van der Waals surface area contributed by atoms with Crippen LogP contribution in [0.15, 0.2) is 5.51 Å². The molecule has 1 aromatic rings. The lowest BCUT2D eigenvalue weighted by molar-refractivity contribution is -0.137. The van der Waals surface area contributed by atoms with Gasteiger partial charge in [-0.2, -0.15) is 0 Å². The number of aliphatic carboxylic acids is 1. The number of carboxylic acids is 1. The Morgan fingerprint density at radius 3 is 2.78 bits per heavy atom. The third kappa shape index (κ3) is 4.33. The van der Waals surface area contributed by atoms with Crippen LogP contribution in [-0.4, -0.2) is 40.1 Å². The van der Waals surface area contributed by atoms with Crippen LogP contribution in [0.2, 0.25) is 0 Å². The Bertz CT molecular complexity index is 433. The Kier molecular flexibility index (Phi) is 5.08. The Morgan fingerprint density at radius 2 is 2.28 bits per heavy atom. The molecule has 0 bridgehead atoms. The third-order valence-electron chi connectivity index (χ3n) is 2.42. The van der Waals surface area contributed by atoms with Crippen LogP contribution in [0.1, 0.15) is 23.9 Å². The van der Waals surface area contributed by atoms with Gasteiger partial charge in [0.25, 0.3) is 0 Å². The maximum absolute atomic E-state index is 11.8. The van der Waals surface area contributed by atoms with Gasteiger partial charge >= 0.3 is 12.0 Å². The largest absolute Gasteiger partial charge is 0.481 e.